The number of guanidine groups is 1. The number of ether oxygens (including phenoxy) is 1. The quantitative estimate of drug-likeness (QED) is 0.184. The molecule has 0 radical (unpaired) electrons. The average molecular weight is 541 g/mol. The van der Waals surface area contributed by atoms with Crippen molar-refractivity contribution in [1.82, 2.24) is 0 Å². The molecule has 39 heavy (non-hydrogen) atoms. The fourth-order valence-electron chi connectivity index (χ4n) is 3.48. The second-order valence-electron chi connectivity index (χ2n) is 9.47. The fraction of sp³-hybridized carbons (Fsp3) is 0.222. The number of hydrogen-bond acceptors (Lipinski definition) is 4. The van der Waals surface area contributed by atoms with Gasteiger partial charge >= 0.3 is 12.4 Å². The third-order valence-electron chi connectivity index (χ3n) is 5.50. The summed E-state index contributed by atoms with van der Waals surface area (Å²) >= 11 is 0. The molecule has 12 heteroatoms. The van der Waals surface area contributed by atoms with Gasteiger partial charge in [0.25, 0.3) is 5.91 Å². The molecule has 4 N–H and O–H groups in total. The van der Waals surface area contributed by atoms with E-state index in [1.54, 1.807) is 24.3 Å². The SMILES string of the molecule is CC(C)(C)c1ccc(N(Cc2ccc(C(=O)N=C(N)N=N)cc2)C(=O)Nc2ccc(OC(F)(F)F)cc2)cc1. The first-order valence-corrected chi connectivity index (χ1v) is 11.6. The Morgan fingerprint density at radius 2 is 1.54 bits per heavy atom. The van der Waals surface area contributed by atoms with E-state index in [1.165, 1.54) is 29.2 Å². The molecule has 3 amide bonds. The minimum absolute atomic E-state index is 0.104. The monoisotopic (exact) mass is 540 g/mol. The Balaban J connectivity index is 1.85. The number of carbonyl (C=O) groups excluding carboxylic acids is 2. The summed E-state index contributed by atoms with van der Waals surface area (Å²) in [5.74, 6) is -1.55. The van der Waals surface area contributed by atoms with Crippen LogP contribution in [-0.2, 0) is 12.0 Å². The van der Waals surface area contributed by atoms with Crippen molar-refractivity contribution in [3.63, 3.8) is 0 Å². The Kier molecular flexibility index (Phi) is 8.69. The normalized spacial score (nSPS) is 12.0. The largest absolute Gasteiger partial charge is 0.573 e. The molecule has 0 saturated carbocycles. The summed E-state index contributed by atoms with van der Waals surface area (Å²) < 4.78 is 41.2. The Labute approximate surface area is 223 Å². The molecule has 3 aromatic carbocycles. The molecular weight excluding hydrogens is 513 g/mol. The Hall–Kier alpha value is -4.74. The highest BCUT2D eigenvalue weighted by Gasteiger charge is 2.31. The van der Waals surface area contributed by atoms with Gasteiger partial charge < -0.3 is 15.8 Å². The van der Waals surface area contributed by atoms with Gasteiger partial charge in [0.2, 0.25) is 5.96 Å². The molecule has 9 nitrogen and oxygen atoms in total. The summed E-state index contributed by atoms with van der Waals surface area (Å²) in [7, 11) is 0. The van der Waals surface area contributed by atoms with Crippen molar-refractivity contribution in [2.45, 2.75) is 39.1 Å². The molecule has 3 rings (SSSR count). The fourth-order valence-corrected chi connectivity index (χ4v) is 3.48. The van der Waals surface area contributed by atoms with Crippen molar-refractivity contribution in [2.75, 3.05) is 10.2 Å². The summed E-state index contributed by atoms with van der Waals surface area (Å²) in [6.45, 7) is 6.31. The molecule has 0 aliphatic rings. The van der Waals surface area contributed by atoms with Crippen LogP contribution in [0.25, 0.3) is 0 Å². The number of benzene rings is 3. The van der Waals surface area contributed by atoms with Gasteiger partial charge in [-0.2, -0.15) is 4.99 Å². The molecule has 0 atom stereocenters. The lowest BCUT2D eigenvalue weighted by Gasteiger charge is -2.25. The number of nitrogens with two attached hydrogens (primary N) is 1. The lowest BCUT2D eigenvalue weighted by Crippen LogP contribution is -2.34. The van der Waals surface area contributed by atoms with Gasteiger partial charge in [0, 0.05) is 16.9 Å². The summed E-state index contributed by atoms with van der Waals surface area (Å²) in [4.78, 5) is 30.4. The van der Waals surface area contributed by atoms with Gasteiger partial charge in [-0.05, 0) is 65.1 Å². The van der Waals surface area contributed by atoms with Crippen molar-refractivity contribution >= 4 is 29.3 Å². The smallest absolute Gasteiger partial charge is 0.406 e. The van der Waals surface area contributed by atoms with E-state index in [-0.39, 0.29) is 23.2 Å². The number of halogens is 3. The zero-order chi connectivity index (χ0) is 28.8. The van der Waals surface area contributed by atoms with E-state index in [0.29, 0.717) is 11.3 Å². The van der Waals surface area contributed by atoms with E-state index >= 15 is 0 Å². The van der Waals surface area contributed by atoms with Crippen LogP contribution in [0.3, 0.4) is 0 Å². The second kappa shape index (κ2) is 11.8. The van der Waals surface area contributed by atoms with E-state index in [9.17, 15) is 22.8 Å². The van der Waals surface area contributed by atoms with E-state index < -0.39 is 30.0 Å². The van der Waals surface area contributed by atoms with Crippen molar-refractivity contribution < 1.29 is 27.5 Å². The predicted molar refractivity (Wildman–Crippen MR) is 141 cm³/mol. The average Bonchev–Trinajstić information content (AvgIpc) is 2.87. The lowest BCUT2D eigenvalue weighted by molar-refractivity contribution is -0.274. The molecular formula is C27H27F3N6O3. The molecule has 0 saturated heterocycles. The maximum absolute atomic E-state index is 13.3. The number of aliphatic imine (C=N–C) groups is 1. The number of nitrogens with zero attached hydrogens (tertiary/aromatic N) is 3. The molecule has 0 aliphatic heterocycles. The first kappa shape index (κ1) is 28.8. The van der Waals surface area contributed by atoms with E-state index in [0.717, 1.165) is 17.7 Å². The van der Waals surface area contributed by atoms with Crippen LogP contribution in [0.2, 0.25) is 0 Å². The van der Waals surface area contributed by atoms with Gasteiger partial charge in [-0.25, -0.2) is 10.3 Å². The summed E-state index contributed by atoms with van der Waals surface area (Å²) in [6, 6.07) is 18.0. The van der Waals surface area contributed by atoms with E-state index in [4.69, 9.17) is 11.3 Å². The van der Waals surface area contributed by atoms with Crippen LogP contribution >= 0.6 is 0 Å². The zero-order valence-corrected chi connectivity index (χ0v) is 21.4. The summed E-state index contributed by atoms with van der Waals surface area (Å²) in [6.07, 6.45) is -4.82. The van der Waals surface area contributed by atoms with Crippen LogP contribution in [0.4, 0.5) is 29.3 Å². The molecule has 0 fully saturated rings. The highest BCUT2D eigenvalue weighted by Crippen LogP contribution is 2.27. The van der Waals surface area contributed by atoms with E-state index in [2.05, 4.69) is 40.9 Å². The lowest BCUT2D eigenvalue weighted by atomic mass is 9.87. The summed E-state index contributed by atoms with van der Waals surface area (Å²) in [5.41, 5.74) is 14.8. The number of anilines is 2. The van der Waals surface area contributed by atoms with Crippen LogP contribution < -0.4 is 20.7 Å². The van der Waals surface area contributed by atoms with Crippen LogP contribution in [0.1, 0.15) is 42.3 Å². The van der Waals surface area contributed by atoms with Gasteiger partial charge in [-0.15, -0.1) is 18.3 Å². The summed E-state index contributed by atoms with van der Waals surface area (Å²) in [5, 5.41) is 5.58. The molecule has 0 heterocycles. The molecule has 0 aliphatic carbocycles. The molecule has 0 bridgehead atoms. The molecule has 0 spiro atoms. The van der Waals surface area contributed by atoms with Crippen LogP contribution in [0.15, 0.2) is 82.9 Å². The Bertz CT molecular complexity index is 1350. The van der Waals surface area contributed by atoms with Gasteiger partial charge in [-0.3, -0.25) is 9.69 Å². The van der Waals surface area contributed by atoms with Crippen LogP contribution in [0.5, 0.6) is 5.75 Å². The van der Waals surface area contributed by atoms with Crippen molar-refractivity contribution in [3.8, 4) is 5.75 Å². The van der Waals surface area contributed by atoms with Crippen LogP contribution in [-0.4, -0.2) is 24.3 Å². The highest BCUT2D eigenvalue weighted by molar-refractivity contribution is 6.03. The Morgan fingerprint density at radius 3 is 2.05 bits per heavy atom. The minimum Gasteiger partial charge on any atom is -0.406 e. The minimum atomic E-state index is -4.82. The number of urea groups is 1. The maximum atomic E-state index is 13.3. The topological polar surface area (TPSA) is 133 Å². The third kappa shape index (κ3) is 8.38. The van der Waals surface area contributed by atoms with Gasteiger partial charge in [0.05, 0.1) is 6.54 Å². The maximum Gasteiger partial charge on any atom is 0.573 e. The molecule has 204 valence electrons. The molecule has 0 unspecified atom stereocenters. The van der Waals surface area contributed by atoms with Gasteiger partial charge in [0.1, 0.15) is 5.75 Å². The zero-order valence-electron chi connectivity index (χ0n) is 21.4. The number of carbonyl (C=O) groups is 2. The first-order chi connectivity index (χ1) is 18.2. The van der Waals surface area contributed by atoms with Gasteiger partial charge in [0.15, 0.2) is 0 Å². The number of alkyl halides is 3. The second-order valence-corrected chi connectivity index (χ2v) is 9.47. The number of amides is 3. The first-order valence-electron chi connectivity index (χ1n) is 11.6. The molecule has 3 aromatic rings. The highest BCUT2D eigenvalue weighted by atomic mass is 19.4. The van der Waals surface area contributed by atoms with Gasteiger partial charge in [-0.1, -0.05) is 45.0 Å². The van der Waals surface area contributed by atoms with Crippen molar-refractivity contribution in [2.24, 2.45) is 15.8 Å². The third-order valence-corrected chi connectivity index (χ3v) is 5.50. The number of nitrogens with one attached hydrogen (secondary N) is 2. The standard InChI is InChI=1S/C27H27F3N6O3/c1-26(2,3)19-8-12-21(13-9-19)36(16-17-4-6-18(7-5-17)23(37)34-24(31)35-32)25(38)33-20-10-14-22(15-11-20)39-27(28,29)30/h4-15,32H,16H2,1-3H3,(H,33,38)(H2,31,34,37). The predicted octanol–water partition coefficient (Wildman–Crippen LogP) is 6.61. The number of rotatable bonds is 6. The Morgan fingerprint density at radius 1 is 0.949 bits per heavy atom. The van der Waals surface area contributed by atoms with E-state index in [1.807, 2.05) is 12.1 Å². The molecule has 0 aromatic heterocycles. The number of hydrogen-bond donors (Lipinski definition) is 3. The van der Waals surface area contributed by atoms with Crippen LogP contribution in [0, 0.1) is 5.53 Å². The van der Waals surface area contributed by atoms with Crippen molar-refractivity contribution in [3.05, 3.63) is 89.5 Å². The van der Waals surface area contributed by atoms with Crippen molar-refractivity contribution in [1.29, 1.82) is 5.53 Å².